The number of methoxy groups -OCH3 is 1. The number of urea groups is 1. The van der Waals surface area contributed by atoms with Crippen LogP contribution in [0.15, 0.2) is 54.7 Å². The summed E-state index contributed by atoms with van der Waals surface area (Å²) in [6.45, 7) is 6.81. The van der Waals surface area contributed by atoms with Crippen molar-refractivity contribution in [3.63, 3.8) is 0 Å². The highest BCUT2D eigenvalue weighted by Gasteiger charge is 2.23. The van der Waals surface area contributed by atoms with Crippen LogP contribution in [0.3, 0.4) is 0 Å². The fourth-order valence-electron chi connectivity index (χ4n) is 4.09. The molecule has 0 unspecified atom stereocenters. The van der Waals surface area contributed by atoms with E-state index in [0.29, 0.717) is 25.2 Å². The van der Waals surface area contributed by atoms with Crippen molar-refractivity contribution in [2.45, 2.75) is 0 Å². The molecule has 2 amide bonds. The second-order valence-electron chi connectivity index (χ2n) is 8.78. The summed E-state index contributed by atoms with van der Waals surface area (Å²) in [6, 6.07) is 11.7. The Hall–Kier alpha value is -4.32. The fraction of sp³-hybridized carbons (Fsp3) is 0.385. The van der Waals surface area contributed by atoms with Crippen LogP contribution in [0.2, 0.25) is 0 Å². The number of ether oxygens (including phenoxy) is 1. The van der Waals surface area contributed by atoms with Gasteiger partial charge in [-0.15, -0.1) is 0 Å². The summed E-state index contributed by atoms with van der Waals surface area (Å²) in [7, 11) is 3.83. The Kier molecular flexibility index (Phi) is 10.3. The number of hydrogen-bond donors (Lipinski definition) is 3. The number of pyridine rings is 1. The standard InChI is InChI=1S/C22H30N6O2.C4H4O4/c1-25-9-11-26(12-10-25)19-17-18(6-7-20(19)30-2)24-22(29)28-15-13-27(14-16-28)21-5-3-4-8-23-21;5-3(6)1-2-4(7)8/h3-8,17H,9-16H2,1-2H3,(H,24,29);1-2H,(H,5,6)(H,7,8)/b;2-1+. The van der Waals surface area contributed by atoms with Gasteiger partial charge in [0, 0.05) is 76.4 Å². The number of benzene rings is 1. The molecule has 0 spiro atoms. The van der Waals surface area contributed by atoms with Crippen LogP contribution in [-0.4, -0.2) is 109 Å². The number of piperazine rings is 2. The predicted molar refractivity (Wildman–Crippen MR) is 144 cm³/mol. The number of rotatable bonds is 6. The molecule has 12 nitrogen and oxygen atoms in total. The topological polar surface area (TPSA) is 139 Å². The lowest BCUT2D eigenvalue weighted by atomic mass is 10.2. The Balaban J connectivity index is 0.000000436. The van der Waals surface area contributed by atoms with E-state index >= 15 is 0 Å². The third-order valence-electron chi connectivity index (χ3n) is 6.18. The van der Waals surface area contributed by atoms with Crippen molar-refractivity contribution in [3.8, 4) is 5.75 Å². The number of carbonyl (C=O) groups excluding carboxylic acids is 1. The fourth-order valence-corrected chi connectivity index (χ4v) is 4.09. The number of likely N-dealkylation sites (N-methyl/N-ethyl adjacent to an activating group) is 1. The Morgan fingerprint density at radius 2 is 1.53 bits per heavy atom. The Morgan fingerprint density at radius 1 is 0.895 bits per heavy atom. The van der Waals surface area contributed by atoms with Crippen molar-refractivity contribution in [2.75, 3.05) is 81.6 Å². The third kappa shape index (κ3) is 8.37. The Morgan fingerprint density at radius 3 is 2.08 bits per heavy atom. The van der Waals surface area contributed by atoms with Gasteiger partial charge in [-0.25, -0.2) is 19.4 Å². The zero-order valence-corrected chi connectivity index (χ0v) is 21.6. The minimum Gasteiger partial charge on any atom is -0.495 e. The molecule has 2 saturated heterocycles. The van der Waals surface area contributed by atoms with Gasteiger partial charge in [0.1, 0.15) is 11.6 Å². The van der Waals surface area contributed by atoms with Gasteiger partial charge in [0.15, 0.2) is 0 Å². The summed E-state index contributed by atoms with van der Waals surface area (Å²) in [6.07, 6.45) is 2.92. The van der Waals surface area contributed by atoms with Gasteiger partial charge >= 0.3 is 18.0 Å². The van der Waals surface area contributed by atoms with Crippen molar-refractivity contribution in [2.24, 2.45) is 0 Å². The molecule has 2 aliphatic rings. The molecule has 0 aliphatic carbocycles. The van der Waals surface area contributed by atoms with E-state index < -0.39 is 11.9 Å². The summed E-state index contributed by atoms with van der Waals surface area (Å²) in [4.78, 5) is 45.0. The van der Waals surface area contributed by atoms with Crippen LogP contribution in [0.4, 0.5) is 22.0 Å². The first kappa shape index (κ1) is 28.3. The summed E-state index contributed by atoms with van der Waals surface area (Å²) in [5.74, 6) is -0.717. The number of amides is 2. The van der Waals surface area contributed by atoms with Gasteiger partial charge < -0.3 is 39.9 Å². The number of carboxylic acids is 2. The maximum atomic E-state index is 12.8. The second kappa shape index (κ2) is 13.8. The molecule has 4 rings (SSSR count). The molecule has 1 aromatic carbocycles. The first-order chi connectivity index (χ1) is 18.3. The maximum absolute atomic E-state index is 12.8. The summed E-state index contributed by atoms with van der Waals surface area (Å²) < 4.78 is 5.57. The lowest BCUT2D eigenvalue weighted by molar-refractivity contribution is -0.134. The molecular weight excluding hydrogens is 492 g/mol. The molecule has 2 aromatic rings. The highest BCUT2D eigenvalue weighted by molar-refractivity contribution is 5.91. The molecule has 38 heavy (non-hydrogen) atoms. The first-order valence-corrected chi connectivity index (χ1v) is 12.2. The summed E-state index contributed by atoms with van der Waals surface area (Å²) in [5.41, 5.74) is 1.82. The summed E-state index contributed by atoms with van der Waals surface area (Å²) in [5, 5.41) is 18.7. The smallest absolute Gasteiger partial charge is 0.328 e. The minimum atomic E-state index is -1.26. The van der Waals surface area contributed by atoms with Crippen molar-refractivity contribution in [3.05, 3.63) is 54.7 Å². The SMILES string of the molecule is COc1ccc(NC(=O)N2CCN(c3ccccn3)CC2)cc1N1CCN(C)CC1.O=C(O)/C=C/C(=O)O. The maximum Gasteiger partial charge on any atom is 0.328 e. The zero-order valence-electron chi connectivity index (χ0n) is 21.6. The van der Waals surface area contributed by atoms with E-state index in [0.717, 1.165) is 62.2 Å². The normalized spacial score (nSPS) is 16.0. The molecule has 2 fully saturated rings. The summed E-state index contributed by atoms with van der Waals surface area (Å²) >= 11 is 0. The average Bonchev–Trinajstić information content (AvgIpc) is 2.93. The van der Waals surface area contributed by atoms with Gasteiger partial charge in [-0.1, -0.05) is 6.07 Å². The number of nitrogens with zero attached hydrogens (tertiary/aromatic N) is 5. The van der Waals surface area contributed by atoms with E-state index in [1.807, 2.05) is 41.3 Å². The molecule has 1 aromatic heterocycles. The zero-order chi connectivity index (χ0) is 27.5. The van der Waals surface area contributed by atoms with Crippen LogP contribution in [0, 0.1) is 0 Å². The molecule has 0 radical (unpaired) electrons. The van der Waals surface area contributed by atoms with Gasteiger partial charge in [-0.2, -0.15) is 0 Å². The number of anilines is 3. The van der Waals surface area contributed by atoms with Crippen LogP contribution in [0.1, 0.15) is 0 Å². The first-order valence-electron chi connectivity index (χ1n) is 12.2. The molecule has 3 heterocycles. The number of carbonyl (C=O) groups is 3. The quantitative estimate of drug-likeness (QED) is 0.479. The van der Waals surface area contributed by atoms with Crippen molar-refractivity contribution in [1.82, 2.24) is 14.8 Å². The van der Waals surface area contributed by atoms with Gasteiger partial charge in [-0.05, 0) is 37.4 Å². The largest absolute Gasteiger partial charge is 0.495 e. The molecule has 0 atom stereocenters. The monoisotopic (exact) mass is 526 g/mol. The van der Waals surface area contributed by atoms with Crippen LogP contribution >= 0.6 is 0 Å². The molecule has 204 valence electrons. The van der Waals surface area contributed by atoms with Crippen LogP contribution in [-0.2, 0) is 9.59 Å². The molecule has 2 aliphatic heterocycles. The molecule has 12 heteroatoms. The lowest BCUT2D eigenvalue weighted by Crippen LogP contribution is -2.50. The number of aliphatic carboxylic acids is 2. The number of aromatic nitrogens is 1. The molecule has 0 bridgehead atoms. The van der Waals surface area contributed by atoms with Gasteiger partial charge in [0.2, 0.25) is 0 Å². The Bertz CT molecular complexity index is 1100. The van der Waals surface area contributed by atoms with Gasteiger partial charge in [0.05, 0.1) is 12.8 Å². The second-order valence-corrected chi connectivity index (χ2v) is 8.78. The van der Waals surface area contributed by atoms with Gasteiger partial charge in [-0.3, -0.25) is 0 Å². The Labute approximate surface area is 221 Å². The van der Waals surface area contributed by atoms with E-state index in [4.69, 9.17) is 14.9 Å². The van der Waals surface area contributed by atoms with Crippen molar-refractivity contribution >= 4 is 35.2 Å². The van der Waals surface area contributed by atoms with E-state index in [-0.39, 0.29) is 6.03 Å². The highest BCUT2D eigenvalue weighted by Crippen LogP contribution is 2.32. The molecule has 0 saturated carbocycles. The average molecular weight is 527 g/mol. The minimum absolute atomic E-state index is 0.0647. The predicted octanol–water partition coefficient (Wildman–Crippen LogP) is 1.91. The van der Waals surface area contributed by atoms with Crippen LogP contribution < -0.4 is 19.9 Å². The van der Waals surface area contributed by atoms with E-state index in [9.17, 15) is 14.4 Å². The molecule has 3 N–H and O–H groups in total. The van der Waals surface area contributed by atoms with E-state index in [1.165, 1.54) is 0 Å². The van der Waals surface area contributed by atoms with E-state index in [1.54, 1.807) is 13.3 Å². The molecular formula is C26H34N6O6. The van der Waals surface area contributed by atoms with Crippen molar-refractivity contribution in [1.29, 1.82) is 0 Å². The van der Waals surface area contributed by atoms with Crippen molar-refractivity contribution < 1.29 is 29.3 Å². The van der Waals surface area contributed by atoms with Crippen LogP contribution in [0.25, 0.3) is 0 Å². The lowest BCUT2D eigenvalue weighted by Gasteiger charge is -2.36. The third-order valence-corrected chi connectivity index (χ3v) is 6.18. The number of nitrogens with one attached hydrogen (secondary N) is 1. The van der Waals surface area contributed by atoms with Crippen LogP contribution in [0.5, 0.6) is 5.75 Å². The van der Waals surface area contributed by atoms with E-state index in [2.05, 4.69) is 32.0 Å². The number of carboxylic acid groups (broad SMARTS) is 2. The van der Waals surface area contributed by atoms with Gasteiger partial charge in [0.25, 0.3) is 0 Å². The highest BCUT2D eigenvalue weighted by atomic mass is 16.5. The number of hydrogen-bond acceptors (Lipinski definition) is 8.